The third-order valence-corrected chi connectivity index (χ3v) is 4.43. The van der Waals surface area contributed by atoms with Crippen LogP contribution in [-0.2, 0) is 5.60 Å². The summed E-state index contributed by atoms with van der Waals surface area (Å²) in [6.07, 6.45) is 4.17. The van der Waals surface area contributed by atoms with E-state index in [2.05, 4.69) is 6.92 Å². The van der Waals surface area contributed by atoms with Crippen LogP contribution >= 0.6 is 0 Å². The predicted molar refractivity (Wildman–Crippen MR) is 73.6 cm³/mol. The maximum Gasteiger partial charge on any atom is 0.133 e. The number of hydrogen-bond donors (Lipinski definition) is 1. The van der Waals surface area contributed by atoms with E-state index in [-0.39, 0.29) is 11.7 Å². The number of benzene rings is 1. The molecule has 0 spiro atoms. The maximum atomic E-state index is 14.1. The van der Waals surface area contributed by atoms with Crippen LogP contribution in [0.4, 0.5) is 4.39 Å². The van der Waals surface area contributed by atoms with Crippen molar-refractivity contribution in [3.63, 3.8) is 0 Å². The molecule has 1 aromatic rings. The van der Waals surface area contributed by atoms with Gasteiger partial charge in [0.25, 0.3) is 0 Å². The van der Waals surface area contributed by atoms with Crippen molar-refractivity contribution in [3.8, 4) is 5.75 Å². The van der Waals surface area contributed by atoms with Gasteiger partial charge < -0.3 is 9.84 Å². The summed E-state index contributed by atoms with van der Waals surface area (Å²) in [4.78, 5) is 0. The van der Waals surface area contributed by atoms with Crippen LogP contribution in [0.15, 0.2) is 18.2 Å². The lowest BCUT2D eigenvalue weighted by Crippen LogP contribution is -2.36. The van der Waals surface area contributed by atoms with Gasteiger partial charge in [0.1, 0.15) is 11.6 Å². The quantitative estimate of drug-likeness (QED) is 0.900. The molecule has 2 rings (SSSR count). The smallest absolute Gasteiger partial charge is 0.133 e. The Morgan fingerprint density at radius 2 is 2.11 bits per heavy atom. The lowest BCUT2D eigenvalue weighted by Gasteiger charge is -2.38. The van der Waals surface area contributed by atoms with Gasteiger partial charge in [-0.3, -0.25) is 0 Å². The molecular weight excluding hydrogens is 243 g/mol. The van der Waals surface area contributed by atoms with Crippen LogP contribution < -0.4 is 4.74 Å². The highest BCUT2D eigenvalue weighted by atomic mass is 19.1. The molecule has 3 heteroatoms. The van der Waals surface area contributed by atoms with Gasteiger partial charge in [-0.15, -0.1) is 0 Å². The molecule has 1 aromatic carbocycles. The topological polar surface area (TPSA) is 29.5 Å². The average molecular weight is 266 g/mol. The van der Waals surface area contributed by atoms with Gasteiger partial charge >= 0.3 is 0 Å². The molecule has 106 valence electrons. The molecule has 1 saturated carbocycles. The first-order valence-electron chi connectivity index (χ1n) is 7.02. The third kappa shape index (κ3) is 2.76. The van der Waals surface area contributed by atoms with Gasteiger partial charge in [0.2, 0.25) is 0 Å². The summed E-state index contributed by atoms with van der Waals surface area (Å²) in [5, 5.41) is 10.9. The SMILES string of the molecule is COc1cccc(F)c1C(C)(O)C1CCCC(C)C1. The largest absolute Gasteiger partial charge is 0.496 e. The van der Waals surface area contributed by atoms with Crippen molar-refractivity contribution in [1.29, 1.82) is 0 Å². The Labute approximate surface area is 114 Å². The van der Waals surface area contributed by atoms with Crippen molar-refractivity contribution in [2.24, 2.45) is 11.8 Å². The first-order chi connectivity index (χ1) is 8.96. The molecule has 0 heterocycles. The lowest BCUT2D eigenvalue weighted by molar-refractivity contribution is -0.0337. The molecular formula is C16H23FO2. The second kappa shape index (κ2) is 5.49. The number of methoxy groups -OCH3 is 1. The Hall–Kier alpha value is -1.09. The van der Waals surface area contributed by atoms with Crippen LogP contribution in [0.25, 0.3) is 0 Å². The van der Waals surface area contributed by atoms with Gasteiger partial charge in [-0.25, -0.2) is 4.39 Å². The Balaban J connectivity index is 2.38. The van der Waals surface area contributed by atoms with Crippen molar-refractivity contribution < 1.29 is 14.2 Å². The third-order valence-electron chi connectivity index (χ3n) is 4.43. The van der Waals surface area contributed by atoms with Crippen molar-refractivity contribution >= 4 is 0 Å². The molecule has 1 aliphatic rings. The zero-order valence-corrected chi connectivity index (χ0v) is 11.9. The monoisotopic (exact) mass is 266 g/mol. The zero-order chi connectivity index (χ0) is 14.0. The molecule has 19 heavy (non-hydrogen) atoms. The molecule has 0 radical (unpaired) electrons. The minimum atomic E-state index is -1.18. The van der Waals surface area contributed by atoms with E-state index in [1.807, 2.05) is 0 Å². The fourth-order valence-electron chi connectivity index (χ4n) is 3.31. The summed E-state index contributed by atoms with van der Waals surface area (Å²) in [7, 11) is 1.51. The van der Waals surface area contributed by atoms with Crippen molar-refractivity contribution in [2.45, 2.75) is 45.1 Å². The summed E-state index contributed by atoms with van der Waals surface area (Å²) in [6.45, 7) is 3.91. The Kier molecular flexibility index (Phi) is 4.14. The average Bonchev–Trinajstić information content (AvgIpc) is 2.38. The van der Waals surface area contributed by atoms with Gasteiger partial charge in [0, 0.05) is 0 Å². The van der Waals surface area contributed by atoms with E-state index in [1.165, 1.54) is 19.6 Å². The van der Waals surface area contributed by atoms with Crippen LogP contribution in [-0.4, -0.2) is 12.2 Å². The summed E-state index contributed by atoms with van der Waals surface area (Å²) >= 11 is 0. The number of aliphatic hydroxyl groups is 1. The lowest BCUT2D eigenvalue weighted by atomic mass is 9.71. The molecule has 1 fully saturated rings. The Bertz CT molecular complexity index is 442. The van der Waals surface area contributed by atoms with Gasteiger partial charge in [-0.1, -0.05) is 25.8 Å². The minimum Gasteiger partial charge on any atom is -0.496 e. The molecule has 0 aromatic heterocycles. The van der Waals surface area contributed by atoms with Crippen LogP contribution in [0.1, 0.15) is 45.1 Å². The summed E-state index contributed by atoms with van der Waals surface area (Å²) in [5.74, 6) is 0.718. The molecule has 0 bridgehead atoms. The molecule has 0 aliphatic heterocycles. The van der Waals surface area contributed by atoms with Gasteiger partial charge in [0.15, 0.2) is 0 Å². The summed E-state index contributed by atoms with van der Waals surface area (Å²) in [6, 6.07) is 4.70. The highest BCUT2D eigenvalue weighted by Gasteiger charge is 2.40. The van der Waals surface area contributed by atoms with Crippen molar-refractivity contribution in [2.75, 3.05) is 7.11 Å². The zero-order valence-electron chi connectivity index (χ0n) is 11.9. The Morgan fingerprint density at radius 3 is 2.74 bits per heavy atom. The second-order valence-electron chi connectivity index (χ2n) is 5.93. The normalized spacial score (nSPS) is 26.8. The van der Waals surface area contributed by atoms with Gasteiger partial charge in [-0.05, 0) is 43.7 Å². The Morgan fingerprint density at radius 1 is 1.37 bits per heavy atom. The summed E-state index contributed by atoms with van der Waals surface area (Å²) < 4.78 is 19.4. The molecule has 1 N–H and O–H groups in total. The van der Waals surface area contributed by atoms with Crippen LogP contribution in [0.5, 0.6) is 5.75 Å². The molecule has 2 nitrogen and oxygen atoms in total. The van der Waals surface area contributed by atoms with E-state index in [1.54, 1.807) is 19.1 Å². The van der Waals surface area contributed by atoms with Crippen LogP contribution in [0, 0.1) is 17.7 Å². The maximum absolute atomic E-state index is 14.1. The predicted octanol–water partition coefficient (Wildman–Crippen LogP) is 3.87. The fraction of sp³-hybridized carbons (Fsp3) is 0.625. The number of ether oxygens (including phenoxy) is 1. The number of rotatable bonds is 3. The first kappa shape index (κ1) is 14.3. The van der Waals surface area contributed by atoms with Crippen molar-refractivity contribution in [3.05, 3.63) is 29.6 Å². The van der Waals surface area contributed by atoms with E-state index < -0.39 is 5.60 Å². The van der Waals surface area contributed by atoms with Crippen LogP contribution in [0.2, 0.25) is 0 Å². The molecule has 0 saturated heterocycles. The van der Waals surface area contributed by atoms with E-state index in [4.69, 9.17) is 4.74 Å². The molecule has 0 amide bonds. The van der Waals surface area contributed by atoms with E-state index in [0.29, 0.717) is 17.2 Å². The first-order valence-corrected chi connectivity index (χ1v) is 7.02. The minimum absolute atomic E-state index is 0.0852. The van der Waals surface area contributed by atoms with E-state index >= 15 is 0 Å². The highest BCUT2D eigenvalue weighted by Crippen LogP contribution is 2.44. The number of halogens is 1. The fourth-order valence-corrected chi connectivity index (χ4v) is 3.31. The van der Waals surface area contributed by atoms with E-state index in [0.717, 1.165) is 19.3 Å². The van der Waals surface area contributed by atoms with Gasteiger partial charge in [0.05, 0.1) is 18.3 Å². The highest BCUT2D eigenvalue weighted by molar-refractivity contribution is 5.39. The summed E-state index contributed by atoms with van der Waals surface area (Å²) in [5.41, 5.74) is -0.873. The molecule has 1 aliphatic carbocycles. The molecule has 3 atom stereocenters. The number of hydrogen-bond acceptors (Lipinski definition) is 2. The van der Waals surface area contributed by atoms with Crippen LogP contribution in [0.3, 0.4) is 0 Å². The standard InChI is InChI=1S/C16H23FO2/c1-11-6-4-7-12(10-11)16(2,18)15-13(17)8-5-9-14(15)19-3/h5,8-9,11-12,18H,4,6-7,10H2,1-3H3. The van der Waals surface area contributed by atoms with Gasteiger partial charge in [-0.2, -0.15) is 0 Å². The van der Waals surface area contributed by atoms with E-state index in [9.17, 15) is 9.50 Å². The second-order valence-corrected chi connectivity index (χ2v) is 5.93. The molecule has 3 unspecified atom stereocenters. The van der Waals surface area contributed by atoms with Crippen molar-refractivity contribution in [1.82, 2.24) is 0 Å².